The van der Waals surface area contributed by atoms with Crippen molar-refractivity contribution in [1.82, 2.24) is 25.6 Å². The summed E-state index contributed by atoms with van der Waals surface area (Å²) in [5, 5.41) is 17.4. The van der Waals surface area contributed by atoms with Crippen LogP contribution >= 0.6 is 0 Å². The third-order valence-electron chi connectivity index (χ3n) is 2.77. The lowest BCUT2D eigenvalue weighted by atomic mass is 10.0. The topological polar surface area (TPSA) is 96.3 Å². The summed E-state index contributed by atoms with van der Waals surface area (Å²) in [7, 11) is 0. The lowest BCUT2D eigenvalue weighted by Crippen LogP contribution is -1.89. The molecule has 0 bridgehead atoms. The second-order valence-electron chi connectivity index (χ2n) is 4.08. The summed E-state index contributed by atoms with van der Waals surface area (Å²) >= 11 is 0. The van der Waals surface area contributed by atoms with Gasteiger partial charge in [-0.3, -0.25) is 5.10 Å². The predicted molar refractivity (Wildman–Crippen MR) is 68.5 cm³/mol. The highest BCUT2D eigenvalue weighted by Crippen LogP contribution is 2.33. The standard InChI is InChI=1S/C12H12N6/c1-7-3-2-4-8(5-7)10-11(16-17-12(10)13)9-6-14-18-15-9/h2-6H,1H3,(H3,13,16,17)(H,14,15,18). The van der Waals surface area contributed by atoms with Crippen LogP contribution in [0.25, 0.3) is 22.5 Å². The third-order valence-corrected chi connectivity index (χ3v) is 2.77. The maximum Gasteiger partial charge on any atom is 0.153 e. The second kappa shape index (κ2) is 3.99. The molecule has 1 aromatic carbocycles. The first kappa shape index (κ1) is 10.5. The molecular weight excluding hydrogens is 228 g/mol. The number of rotatable bonds is 2. The van der Waals surface area contributed by atoms with Crippen molar-refractivity contribution in [3.63, 3.8) is 0 Å². The van der Waals surface area contributed by atoms with E-state index in [0.29, 0.717) is 11.5 Å². The largest absolute Gasteiger partial charge is 0.382 e. The molecule has 2 heterocycles. The van der Waals surface area contributed by atoms with E-state index in [1.807, 2.05) is 25.1 Å². The number of nitrogens with two attached hydrogens (primary N) is 1. The number of nitrogens with one attached hydrogen (secondary N) is 2. The molecule has 0 aliphatic rings. The monoisotopic (exact) mass is 240 g/mol. The van der Waals surface area contributed by atoms with E-state index in [0.717, 1.165) is 16.8 Å². The van der Waals surface area contributed by atoms with Gasteiger partial charge < -0.3 is 5.73 Å². The van der Waals surface area contributed by atoms with Crippen molar-refractivity contribution in [1.29, 1.82) is 0 Å². The molecule has 0 radical (unpaired) electrons. The van der Waals surface area contributed by atoms with Crippen molar-refractivity contribution < 1.29 is 0 Å². The van der Waals surface area contributed by atoms with Gasteiger partial charge in [0.05, 0.1) is 17.5 Å². The first-order valence-corrected chi connectivity index (χ1v) is 5.52. The minimum absolute atomic E-state index is 0.457. The van der Waals surface area contributed by atoms with Gasteiger partial charge in [-0.1, -0.05) is 29.8 Å². The normalized spacial score (nSPS) is 10.7. The Morgan fingerprint density at radius 1 is 1.22 bits per heavy atom. The van der Waals surface area contributed by atoms with E-state index in [9.17, 15) is 0 Å². The number of benzene rings is 1. The zero-order valence-electron chi connectivity index (χ0n) is 9.81. The first-order chi connectivity index (χ1) is 8.75. The molecule has 0 unspecified atom stereocenters. The van der Waals surface area contributed by atoms with Crippen LogP contribution in [0.3, 0.4) is 0 Å². The molecule has 2 aromatic heterocycles. The number of anilines is 1. The van der Waals surface area contributed by atoms with E-state index in [2.05, 4.69) is 31.7 Å². The maximum atomic E-state index is 5.93. The lowest BCUT2D eigenvalue weighted by molar-refractivity contribution is 0.940. The van der Waals surface area contributed by atoms with Gasteiger partial charge in [-0.05, 0) is 12.5 Å². The number of hydrogen-bond acceptors (Lipinski definition) is 4. The van der Waals surface area contributed by atoms with Gasteiger partial charge in [0, 0.05) is 0 Å². The quantitative estimate of drug-likeness (QED) is 0.635. The van der Waals surface area contributed by atoms with E-state index in [1.165, 1.54) is 5.56 Å². The number of H-pyrrole nitrogens is 2. The Morgan fingerprint density at radius 2 is 2.11 bits per heavy atom. The Kier molecular flexibility index (Phi) is 2.33. The SMILES string of the molecule is Cc1cccc(-c2c(N)n[nH]c2-c2cn[nH]n2)c1. The van der Waals surface area contributed by atoms with Crippen molar-refractivity contribution in [3.05, 3.63) is 36.0 Å². The summed E-state index contributed by atoms with van der Waals surface area (Å²) in [6.45, 7) is 2.04. The average Bonchev–Trinajstić information content (AvgIpc) is 2.97. The summed E-state index contributed by atoms with van der Waals surface area (Å²) in [5.41, 5.74) is 10.4. The number of hydrogen-bond donors (Lipinski definition) is 3. The molecule has 0 spiro atoms. The third kappa shape index (κ3) is 1.64. The maximum absolute atomic E-state index is 5.93. The molecule has 0 aliphatic carbocycles. The van der Waals surface area contributed by atoms with E-state index >= 15 is 0 Å². The fourth-order valence-electron chi connectivity index (χ4n) is 1.96. The van der Waals surface area contributed by atoms with Crippen LogP contribution < -0.4 is 5.73 Å². The zero-order valence-corrected chi connectivity index (χ0v) is 9.81. The molecule has 0 fully saturated rings. The van der Waals surface area contributed by atoms with Crippen LogP contribution in [-0.4, -0.2) is 25.6 Å². The molecule has 3 aromatic rings. The van der Waals surface area contributed by atoms with Gasteiger partial charge in [0.1, 0.15) is 5.69 Å². The number of nitrogens with zero attached hydrogens (tertiary/aromatic N) is 3. The van der Waals surface area contributed by atoms with Crippen LogP contribution in [-0.2, 0) is 0 Å². The molecule has 18 heavy (non-hydrogen) atoms. The molecule has 3 rings (SSSR count). The minimum atomic E-state index is 0.457. The van der Waals surface area contributed by atoms with Crippen molar-refractivity contribution in [3.8, 4) is 22.5 Å². The van der Waals surface area contributed by atoms with Crippen molar-refractivity contribution >= 4 is 5.82 Å². The van der Waals surface area contributed by atoms with Gasteiger partial charge >= 0.3 is 0 Å². The van der Waals surface area contributed by atoms with Crippen LogP contribution in [0.15, 0.2) is 30.5 Å². The van der Waals surface area contributed by atoms with E-state index in [-0.39, 0.29) is 0 Å². The van der Waals surface area contributed by atoms with E-state index < -0.39 is 0 Å². The smallest absolute Gasteiger partial charge is 0.153 e. The Labute approximate surface area is 103 Å². The van der Waals surface area contributed by atoms with Gasteiger partial charge in [0.2, 0.25) is 0 Å². The van der Waals surface area contributed by atoms with Crippen LogP contribution in [0.5, 0.6) is 0 Å². The van der Waals surface area contributed by atoms with Crippen LogP contribution in [0.4, 0.5) is 5.82 Å². The minimum Gasteiger partial charge on any atom is -0.382 e. The zero-order chi connectivity index (χ0) is 12.5. The fraction of sp³-hybridized carbons (Fsp3) is 0.0833. The summed E-state index contributed by atoms with van der Waals surface area (Å²) in [6, 6.07) is 8.09. The summed E-state index contributed by atoms with van der Waals surface area (Å²) in [4.78, 5) is 0. The predicted octanol–water partition coefficient (Wildman–Crippen LogP) is 1.75. The molecule has 6 nitrogen and oxygen atoms in total. The molecule has 6 heteroatoms. The van der Waals surface area contributed by atoms with Crippen molar-refractivity contribution in [2.45, 2.75) is 6.92 Å². The highest BCUT2D eigenvalue weighted by atomic mass is 15.3. The highest BCUT2D eigenvalue weighted by Gasteiger charge is 2.16. The molecule has 0 atom stereocenters. The Morgan fingerprint density at radius 3 is 2.83 bits per heavy atom. The van der Waals surface area contributed by atoms with E-state index in [4.69, 9.17) is 5.73 Å². The fourth-order valence-corrected chi connectivity index (χ4v) is 1.96. The van der Waals surface area contributed by atoms with Gasteiger partial charge in [-0.15, -0.1) is 0 Å². The Bertz CT molecular complexity index is 668. The van der Waals surface area contributed by atoms with Crippen LogP contribution in [0.2, 0.25) is 0 Å². The summed E-state index contributed by atoms with van der Waals surface area (Å²) < 4.78 is 0. The van der Waals surface area contributed by atoms with Gasteiger partial charge in [-0.2, -0.15) is 20.5 Å². The summed E-state index contributed by atoms with van der Waals surface area (Å²) in [5.74, 6) is 0.457. The number of aromatic amines is 2. The van der Waals surface area contributed by atoms with Crippen molar-refractivity contribution in [2.75, 3.05) is 5.73 Å². The molecule has 0 amide bonds. The highest BCUT2D eigenvalue weighted by molar-refractivity contribution is 5.86. The lowest BCUT2D eigenvalue weighted by Gasteiger charge is -2.03. The number of aromatic nitrogens is 5. The molecule has 90 valence electrons. The second-order valence-corrected chi connectivity index (χ2v) is 4.08. The summed E-state index contributed by atoms with van der Waals surface area (Å²) in [6.07, 6.45) is 1.63. The van der Waals surface area contributed by atoms with Gasteiger partial charge in [0.15, 0.2) is 5.82 Å². The molecule has 0 saturated heterocycles. The molecule has 0 saturated carbocycles. The average molecular weight is 240 g/mol. The van der Waals surface area contributed by atoms with E-state index in [1.54, 1.807) is 6.20 Å². The van der Waals surface area contributed by atoms with Gasteiger partial charge in [-0.25, -0.2) is 0 Å². The number of aryl methyl sites for hydroxylation is 1. The Balaban J connectivity index is 2.20. The molecule has 0 aliphatic heterocycles. The molecule has 4 N–H and O–H groups in total. The first-order valence-electron chi connectivity index (χ1n) is 5.52. The van der Waals surface area contributed by atoms with Crippen LogP contribution in [0, 0.1) is 6.92 Å². The number of nitrogen functional groups attached to an aromatic ring is 1. The Hall–Kier alpha value is -2.63. The van der Waals surface area contributed by atoms with Crippen LogP contribution in [0.1, 0.15) is 5.56 Å². The van der Waals surface area contributed by atoms with Gasteiger partial charge in [0.25, 0.3) is 0 Å². The van der Waals surface area contributed by atoms with Crippen molar-refractivity contribution in [2.24, 2.45) is 0 Å². The molecular formula is C12H12N6.